The molecule has 102 valence electrons. The van der Waals surface area contributed by atoms with Crippen LogP contribution < -0.4 is 5.32 Å². The first-order chi connectivity index (χ1) is 8.79. The topological polar surface area (TPSA) is 35.8 Å². The minimum atomic E-state index is 0.269. The Hall–Kier alpha value is -0.550. The molecule has 2 fully saturated rings. The average molecular weight is 248 g/mol. The third kappa shape index (κ3) is 3.99. The molecule has 0 bridgehead atoms. The zero-order valence-corrected chi connectivity index (χ0v) is 11.8. The summed E-state index contributed by atoms with van der Waals surface area (Å²) in [4.78, 5) is 0. The summed E-state index contributed by atoms with van der Waals surface area (Å²) in [5, 5.41) is 12.8. The summed E-state index contributed by atoms with van der Waals surface area (Å²) in [5.74, 6) is 2.17. The van der Waals surface area contributed by atoms with Crippen LogP contribution in [0.25, 0.3) is 0 Å². The van der Waals surface area contributed by atoms with Crippen molar-refractivity contribution in [2.75, 3.05) is 6.54 Å². The second-order valence-electron chi connectivity index (χ2n) is 6.50. The van der Waals surface area contributed by atoms with E-state index in [0.29, 0.717) is 6.04 Å². The van der Waals surface area contributed by atoms with Crippen LogP contribution in [0.1, 0.15) is 64.7 Å². The van der Waals surface area contributed by atoms with E-state index >= 15 is 0 Å². The molecule has 2 nitrogen and oxygen atoms in total. The van der Waals surface area contributed by atoms with Crippen molar-refractivity contribution in [3.63, 3.8) is 0 Å². The highest BCUT2D eigenvalue weighted by molar-refractivity contribution is 4.94. The average Bonchev–Trinajstić information content (AvgIpc) is 2.41. The molecule has 1 N–H and O–H groups in total. The molecule has 2 atom stereocenters. The largest absolute Gasteiger partial charge is 0.313 e. The molecule has 2 unspecified atom stereocenters. The van der Waals surface area contributed by atoms with Crippen LogP contribution in [0, 0.1) is 29.1 Å². The first kappa shape index (κ1) is 13.9. The number of nitriles is 1. The summed E-state index contributed by atoms with van der Waals surface area (Å²) in [6.45, 7) is 3.51. The van der Waals surface area contributed by atoms with Crippen LogP contribution in [0.4, 0.5) is 0 Å². The monoisotopic (exact) mass is 248 g/mol. The molecule has 0 aromatic rings. The van der Waals surface area contributed by atoms with Gasteiger partial charge in [0.2, 0.25) is 0 Å². The summed E-state index contributed by atoms with van der Waals surface area (Å²) < 4.78 is 0. The van der Waals surface area contributed by atoms with E-state index in [1.807, 2.05) is 0 Å². The number of nitrogens with zero attached hydrogens (tertiary/aromatic N) is 1. The quantitative estimate of drug-likeness (QED) is 0.819. The standard InChI is InChI=1S/C16H28N2/c1-13-6-8-14(9-7-13)10-11-18-16-5-3-2-4-15(16)12-17/h13-16,18H,2-11H2,1H3. The predicted molar refractivity (Wildman–Crippen MR) is 75.1 cm³/mol. The van der Waals surface area contributed by atoms with Crippen LogP contribution >= 0.6 is 0 Å². The Kier molecular flexibility index (Phi) is 5.50. The van der Waals surface area contributed by atoms with Gasteiger partial charge in [-0.05, 0) is 37.6 Å². The van der Waals surface area contributed by atoms with Gasteiger partial charge in [0, 0.05) is 6.04 Å². The van der Waals surface area contributed by atoms with E-state index in [4.69, 9.17) is 5.26 Å². The fourth-order valence-corrected chi connectivity index (χ4v) is 3.62. The van der Waals surface area contributed by atoms with Gasteiger partial charge in [0.25, 0.3) is 0 Å². The van der Waals surface area contributed by atoms with Crippen molar-refractivity contribution in [1.29, 1.82) is 5.26 Å². The van der Waals surface area contributed by atoms with Crippen molar-refractivity contribution < 1.29 is 0 Å². The van der Waals surface area contributed by atoms with Crippen molar-refractivity contribution in [3.05, 3.63) is 0 Å². The third-order valence-electron chi connectivity index (χ3n) is 5.03. The van der Waals surface area contributed by atoms with Gasteiger partial charge in [-0.25, -0.2) is 0 Å². The maximum Gasteiger partial charge on any atom is 0.0672 e. The molecule has 0 spiro atoms. The Bertz CT molecular complexity index is 273. The summed E-state index contributed by atoms with van der Waals surface area (Å²) >= 11 is 0. The van der Waals surface area contributed by atoms with Crippen LogP contribution in [0.3, 0.4) is 0 Å². The molecule has 18 heavy (non-hydrogen) atoms. The molecule has 0 radical (unpaired) electrons. The lowest BCUT2D eigenvalue weighted by Crippen LogP contribution is -2.39. The van der Waals surface area contributed by atoms with Crippen LogP contribution in [-0.2, 0) is 0 Å². The van der Waals surface area contributed by atoms with Crippen molar-refractivity contribution in [1.82, 2.24) is 5.32 Å². The molecule has 0 saturated heterocycles. The Morgan fingerprint density at radius 3 is 2.50 bits per heavy atom. The molecule has 0 aromatic carbocycles. The second kappa shape index (κ2) is 7.14. The third-order valence-corrected chi connectivity index (χ3v) is 5.03. The van der Waals surface area contributed by atoms with E-state index in [2.05, 4.69) is 18.3 Å². The van der Waals surface area contributed by atoms with Gasteiger partial charge in [0.05, 0.1) is 12.0 Å². The van der Waals surface area contributed by atoms with Gasteiger partial charge in [-0.1, -0.05) is 45.4 Å². The van der Waals surface area contributed by atoms with Crippen LogP contribution in [0.2, 0.25) is 0 Å². The fourth-order valence-electron chi connectivity index (χ4n) is 3.62. The van der Waals surface area contributed by atoms with Crippen LogP contribution in [0.5, 0.6) is 0 Å². The Morgan fingerprint density at radius 2 is 1.78 bits per heavy atom. The summed E-state index contributed by atoms with van der Waals surface area (Å²) in [5.41, 5.74) is 0. The van der Waals surface area contributed by atoms with Gasteiger partial charge in [0.1, 0.15) is 0 Å². The fraction of sp³-hybridized carbons (Fsp3) is 0.938. The van der Waals surface area contributed by atoms with E-state index in [-0.39, 0.29) is 5.92 Å². The van der Waals surface area contributed by atoms with Gasteiger partial charge in [-0.2, -0.15) is 5.26 Å². The van der Waals surface area contributed by atoms with Crippen molar-refractivity contribution in [3.8, 4) is 6.07 Å². The molecule has 2 heteroatoms. The number of nitrogens with one attached hydrogen (secondary N) is 1. The highest BCUT2D eigenvalue weighted by Gasteiger charge is 2.24. The Balaban J connectivity index is 1.64. The summed E-state index contributed by atoms with van der Waals surface area (Å²) in [6.07, 6.45) is 11.9. The number of hydrogen-bond donors (Lipinski definition) is 1. The summed E-state index contributed by atoms with van der Waals surface area (Å²) in [7, 11) is 0. The molecule has 0 amide bonds. The van der Waals surface area contributed by atoms with E-state index in [1.165, 1.54) is 51.4 Å². The highest BCUT2D eigenvalue weighted by Crippen LogP contribution is 2.30. The van der Waals surface area contributed by atoms with E-state index in [9.17, 15) is 0 Å². The number of rotatable bonds is 4. The van der Waals surface area contributed by atoms with Crippen molar-refractivity contribution in [2.24, 2.45) is 17.8 Å². The zero-order chi connectivity index (χ0) is 12.8. The van der Waals surface area contributed by atoms with Gasteiger partial charge in [-0.15, -0.1) is 0 Å². The zero-order valence-electron chi connectivity index (χ0n) is 11.8. The number of hydrogen-bond acceptors (Lipinski definition) is 2. The molecule has 0 aliphatic heterocycles. The Labute approximate surface area is 112 Å². The van der Waals surface area contributed by atoms with Crippen LogP contribution in [0.15, 0.2) is 0 Å². The minimum Gasteiger partial charge on any atom is -0.313 e. The highest BCUT2D eigenvalue weighted by atomic mass is 14.9. The molecule has 2 saturated carbocycles. The Morgan fingerprint density at radius 1 is 1.06 bits per heavy atom. The second-order valence-corrected chi connectivity index (χ2v) is 6.50. The van der Waals surface area contributed by atoms with E-state index in [1.54, 1.807) is 0 Å². The normalized spacial score (nSPS) is 37.1. The molecule has 2 rings (SSSR count). The van der Waals surface area contributed by atoms with Crippen LogP contribution in [-0.4, -0.2) is 12.6 Å². The lowest BCUT2D eigenvalue weighted by Gasteiger charge is -2.30. The smallest absolute Gasteiger partial charge is 0.0672 e. The minimum absolute atomic E-state index is 0.269. The predicted octanol–water partition coefficient (Wildman–Crippen LogP) is 3.87. The lowest BCUT2D eigenvalue weighted by atomic mass is 9.81. The lowest BCUT2D eigenvalue weighted by molar-refractivity contribution is 0.258. The molecular weight excluding hydrogens is 220 g/mol. The van der Waals surface area contributed by atoms with Gasteiger partial charge < -0.3 is 5.32 Å². The summed E-state index contributed by atoms with van der Waals surface area (Å²) in [6, 6.07) is 2.96. The molecule has 0 aromatic heterocycles. The molecular formula is C16H28N2. The van der Waals surface area contributed by atoms with Crippen molar-refractivity contribution >= 4 is 0 Å². The van der Waals surface area contributed by atoms with Gasteiger partial charge in [-0.3, -0.25) is 0 Å². The molecule has 0 heterocycles. The maximum absolute atomic E-state index is 9.15. The van der Waals surface area contributed by atoms with Gasteiger partial charge >= 0.3 is 0 Å². The molecule has 2 aliphatic carbocycles. The maximum atomic E-state index is 9.15. The first-order valence-corrected chi connectivity index (χ1v) is 7.92. The van der Waals surface area contributed by atoms with Crippen molar-refractivity contribution in [2.45, 2.75) is 70.8 Å². The SMILES string of the molecule is CC1CCC(CCNC2CCCCC2C#N)CC1. The van der Waals surface area contributed by atoms with Gasteiger partial charge in [0.15, 0.2) is 0 Å². The molecule has 2 aliphatic rings. The van der Waals surface area contributed by atoms with E-state index < -0.39 is 0 Å². The van der Waals surface area contributed by atoms with E-state index in [0.717, 1.165) is 24.8 Å². The first-order valence-electron chi connectivity index (χ1n) is 7.92.